The Labute approximate surface area is 95.1 Å². The second-order valence-corrected chi connectivity index (χ2v) is 4.03. The van der Waals surface area contributed by atoms with Crippen LogP contribution in [0.1, 0.15) is 0 Å². The first-order valence-corrected chi connectivity index (χ1v) is 5.63. The first-order chi connectivity index (χ1) is 7.79. The highest BCUT2D eigenvalue weighted by Crippen LogP contribution is 2.16. The smallest absolute Gasteiger partial charge is 0.123 e. The fraction of sp³-hybridized carbons (Fsp3) is 0.500. The highest BCUT2D eigenvalue weighted by Gasteiger charge is 2.16. The molecule has 1 aromatic carbocycles. The number of β-amino-alcohol motifs (C(OH)–C–C–N with tert-alkyl or cyclic N) is 1. The van der Waals surface area contributed by atoms with E-state index < -0.39 is 0 Å². The van der Waals surface area contributed by atoms with Gasteiger partial charge in [0.25, 0.3) is 0 Å². The lowest BCUT2D eigenvalue weighted by molar-refractivity contribution is 0.189. The average molecular weight is 224 g/mol. The van der Waals surface area contributed by atoms with Crippen molar-refractivity contribution >= 4 is 5.69 Å². The molecule has 1 aromatic rings. The first kappa shape index (κ1) is 11.4. The van der Waals surface area contributed by atoms with Crippen molar-refractivity contribution < 1.29 is 9.50 Å². The van der Waals surface area contributed by atoms with E-state index in [4.69, 9.17) is 5.11 Å². The van der Waals surface area contributed by atoms with E-state index in [1.54, 1.807) is 0 Å². The largest absolute Gasteiger partial charge is 0.395 e. The molecule has 4 heteroatoms. The fourth-order valence-electron chi connectivity index (χ4n) is 2.02. The maximum absolute atomic E-state index is 12.8. The molecule has 2 rings (SSSR count). The first-order valence-electron chi connectivity index (χ1n) is 5.63. The summed E-state index contributed by atoms with van der Waals surface area (Å²) in [7, 11) is 0. The Kier molecular flexibility index (Phi) is 3.74. The van der Waals surface area contributed by atoms with Crippen molar-refractivity contribution in [3.05, 3.63) is 30.1 Å². The second kappa shape index (κ2) is 5.27. The lowest BCUT2D eigenvalue weighted by Crippen LogP contribution is -2.47. The van der Waals surface area contributed by atoms with Gasteiger partial charge in [0.05, 0.1) is 6.61 Å². The normalized spacial score (nSPS) is 17.8. The van der Waals surface area contributed by atoms with Crippen LogP contribution in [-0.4, -0.2) is 49.3 Å². The van der Waals surface area contributed by atoms with Crippen molar-refractivity contribution in [1.29, 1.82) is 0 Å². The zero-order valence-electron chi connectivity index (χ0n) is 9.27. The number of rotatable bonds is 3. The third-order valence-electron chi connectivity index (χ3n) is 2.98. The number of hydrogen-bond acceptors (Lipinski definition) is 3. The molecule has 1 aliphatic heterocycles. The molecular weight excluding hydrogens is 207 g/mol. The molecule has 0 saturated carbocycles. The van der Waals surface area contributed by atoms with Crippen LogP contribution in [0, 0.1) is 5.82 Å². The second-order valence-electron chi connectivity index (χ2n) is 4.03. The van der Waals surface area contributed by atoms with Gasteiger partial charge in [-0.25, -0.2) is 4.39 Å². The van der Waals surface area contributed by atoms with E-state index in [-0.39, 0.29) is 12.4 Å². The van der Waals surface area contributed by atoms with Gasteiger partial charge in [-0.05, 0) is 24.3 Å². The van der Waals surface area contributed by atoms with Gasteiger partial charge in [0.1, 0.15) is 5.82 Å². The minimum Gasteiger partial charge on any atom is -0.395 e. The van der Waals surface area contributed by atoms with E-state index in [1.807, 2.05) is 12.1 Å². The van der Waals surface area contributed by atoms with Crippen molar-refractivity contribution in [3.8, 4) is 0 Å². The van der Waals surface area contributed by atoms with Crippen molar-refractivity contribution in [2.24, 2.45) is 0 Å². The average Bonchev–Trinajstić information content (AvgIpc) is 2.32. The fourth-order valence-corrected chi connectivity index (χ4v) is 2.02. The van der Waals surface area contributed by atoms with Crippen LogP contribution >= 0.6 is 0 Å². The Morgan fingerprint density at radius 2 is 1.69 bits per heavy atom. The summed E-state index contributed by atoms with van der Waals surface area (Å²) >= 11 is 0. The Morgan fingerprint density at radius 3 is 2.25 bits per heavy atom. The van der Waals surface area contributed by atoms with Crippen molar-refractivity contribution in [2.45, 2.75) is 0 Å². The Hall–Kier alpha value is -1.13. The zero-order chi connectivity index (χ0) is 11.4. The quantitative estimate of drug-likeness (QED) is 0.827. The van der Waals surface area contributed by atoms with Gasteiger partial charge in [-0.3, -0.25) is 4.90 Å². The van der Waals surface area contributed by atoms with Gasteiger partial charge in [0, 0.05) is 38.4 Å². The van der Waals surface area contributed by atoms with Gasteiger partial charge in [0.2, 0.25) is 0 Å². The molecule has 1 N–H and O–H groups in total. The summed E-state index contributed by atoms with van der Waals surface area (Å²) in [6, 6.07) is 6.62. The van der Waals surface area contributed by atoms with Gasteiger partial charge in [0.15, 0.2) is 0 Å². The van der Waals surface area contributed by atoms with Crippen LogP contribution < -0.4 is 4.90 Å². The van der Waals surface area contributed by atoms with E-state index >= 15 is 0 Å². The maximum atomic E-state index is 12.8. The number of piperazine rings is 1. The minimum atomic E-state index is -0.192. The van der Waals surface area contributed by atoms with Crippen LogP contribution in [0.3, 0.4) is 0 Å². The summed E-state index contributed by atoms with van der Waals surface area (Å²) in [5.41, 5.74) is 1.07. The Balaban J connectivity index is 1.91. The van der Waals surface area contributed by atoms with E-state index in [9.17, 15) is 4.39 Å². The van der Waals surface area contributed by atoms with Crippen molar-refractivity contribution in [1.82, 2.24) is 4.90 Å². The molecule has 0 atom stereocenters. The van der Waals surface area contributed by atoms with E-state index in [0.717, 1.165) is 38.4 Å². The van der Waals surface area contributed by atoms with Gasteiger partial charge in [-0.15, -0.1) is 0 Å². The number of benzene rings is 1. The van der Waals surface area contributed by atoms with Crippen LogP contribution in [-0.2, 0) is 0 Å². The molecule has 16 heavy (non-hydrogen) atoms. The van der Waals surface area contributed by atoms with Crippen LogP contribution in [0.5, 0.6) is 0 Å². The Bertz CT molecular complexity index is 320. The van der Waals surface area contributed by atoms with Crippen molar-refractivity contribution in [3.63, 3.8) is 0 Å². The summed E-state index contributed by atoms with van der Waals surface area (Å²) < 4.78 is 12.8. The molecule has 0 aromatic heterocycles. The molecular formula is C12H17FN2O. The monoisotopic (exact) mass is 224 g/mol. The number of halogens is 1. The number of nitrogens with zero attached hydrogens (tertiary/aromatic N) is 2. The predicted octanol–water partition coefficient (Wildman–Crippen LogP) is 0.940. The molecule has 0 unspecified atom stereocenters. The number of aliphatic hydroxyl groups excluding tert-OH is 1. The van der Waals surface area contributed by atoms with Gasteiger partial charge < -0.3 is 10.0 Å². The summed E-state index contributed by atoms with van der Waals surface area (Å²) in [5, 5.41) is 8.84. The molecule has 1 aliphatic rings. The summed E-state index contributed by atoms with van der Waals surface area (Å²) in [6.07, 6.45) is 0. The summed E-state index contributed by atoms with van der Waals surface area (Å²) in [4.78, 5) is 4.48. The van der Waals surface area contributed by atoms with Crippen molar-refractivity contribution in [2.75, 3.05) is 44.2 Å². The predicted molar refractivity (Wildman–Crippen MR) is 62.1 cm³/mol. The number of aliphatic hydroxyl groups is 1. The molecule has 0 aliphatic carbocycles. The topological polar surface area (TPSA) is 26.7 Å². The van der Waals surface area contributed by atoms with Crippen LogP contribution in [0.15, 0.2) is 24.3 Å². The summed E-state index contributed by atoms with van der Waals surface area (Å²) in [6.45, 7) is 4.75. The third kappa shape index (κ3) is 2.71. The van der Waals surface area contributed by atoms with E-state index in [0.29, 0.717) is 0 Å². The Morgan fingerprint density at radius 1 is 1.06 bits per heavy atom. The lowest BCUT2D eigenvalue weighted by atomic mass is 10.2. The molecule has 0 spiro atoms. The highest BCUT2D eigenvalue weighted by atomic mass is 19.1. The van der Waals surface area contributed by atoms with E-state index in [1.165, 1.54) is 12.1 Å². The minimum absolute atomic E-state index is 0.192. The molecule has 1 fully saturated rings. The van der Waals surface area contributed by atoms with Gasteiger partial charge >= 0.3 is 0 Å². The molecule has 0 radical (unpaired) electrons. The van der Waals surface area contributed by atoms with Gasteiger partial charge in [-0.1, -0.05) is 0 Å². The standard InChI is InChI=1S/C12H17FN2O/c13-11-1-3-12(4-2-11)15-7-5-14(6-8-15)9-10-16/h1-4,16H,5-10H2. The molecule has 3 nitrogen and oxygen atoms in total. The zero-order valence-corrected chi connectivity index (χ0v) is 9.27. The maximum Gasteiger partial charge on any atom is 0.123 e. The third-order valence-corrected chi connectivity index (χ3v) is 2.98. The molecule has 0 bridgehead atoms. The SMILES string of the molecule is OCCN1CCN(c2ccc(F)cc2)CC1. The molecule has 0 amide bonds. The number of anilines is 1. The lowest BCUT2D eigenvalue weighted by Gasteiger charge is -2.35. The highest BCUT2D eigenvalue weighted by molar-refractivity contribution is 5.46. The van der Waals surface area contributed by atoms with Crippen LogP contribution in [0.2, 0.25) is 0 Å². The summed E-state index contributed by atoms with van der Waals surface area (Å²) in [5.74, 6) is -0.192. The number of hydrogen-bond donors (Lipinski definition) is 1. The molecule has 88 valence electrons. The van der Waals surface area contributed by atoms with E-state index in [2.05, 4.69) is 9.80 Å². The van der Waals surface area contributed by atoms with Crippen LogP contribution in [0.4, 0.5) is 10.1 Å². The van der Waals surface area contributed by atoms with Gasteiger partial charge in [-0.2, -0.15) is 0 Å². The van der Waals surface area contributed by atoms with Crippen LogP contribution in [0.25, 0.3) is 0 Å². The molecule has 1 heterocycles. The molecule has 1 saturated heterocycles.